The molecule has 6 heteroatoms. The van der Waals surface area contributed by atoms with Crippen molar-refractivity contribution in [2.24, 2.45) is 0 Å². The van der Waals surface area contributed by atoms with E-state index < -0.39 is 38.2 Å². The van der Waals surface area contributed by atoms with Gasteiger partial charge in [-0.2, -0.15) is 0 Å². The van der Waals surface area contributed by atoms with Crippen molar-refractivity contribution in [1.82, 2.24) is 9.97 Å². The third-order valence-corrected chi connectivity index (χ3v) is 1.16. The highest BCUT2D eigenvalue weighted by Crippen LogP contribution is 1.98. The van der Waals surface area contributed by atoms with E-state index in [2.05, 4.69) is 14.7 Å². The maximum atomic E-state index is 8.96. The normalized spacial score (nSPS) is 19.2. The lowest BCUT2D eigenvalue weighted by Crippen LogP contribution is -2.33. The van der Waals surface area contributed by atoms with Crippen LogP contribution in [0.1, 0.15) is 13.9 Å². The lowest BCUT2D eigenvalue weighted by molar-refractivity contribution is 0.378. The summed E-state index contributed by atoms with van der Waals surface area (Å²) in [4.78, 5) is 6.77. The molecule has 64 valence electrons. The average Bonchev–Trinajstić information content (AvgIpc) is 2.13. The van der Waals surface area contributed by atoms with Crippen LogP contribution in [0.2, 0.25) is 0 Å². The number of rotatable bonds is 2. The van der Waals surface area contributed by atoms with Crippen LogP contribution in [0.5, 0.6) is 6.01 Å². The van der Waals surface area contributed by atoms with E-state index in [1.165, 1.54) is 0 Å². The molecular formula is C6H9BN2O3. The summed E-state index contributed by atoms with van der Waals surface area (Å²) in [5.41, 5.74) is -1.11. The zero-order chi connectivity index (χ0) is 14.1. The lowest BCUT2D eigenvalue weighted by atomic mass is 9.80. The molecule has 0 aliphatic rings. The van der Waals surface area contributed by atoms with Gasteiger partial charge in [-0.05, 0) is 6.85 Å². The van der Waals surface area contributed by atoms with Crippen LogP contribution in [0, 0.1) is 6.85 Å². The van der Waals surface area contributed by atoms with Gasteiger partial charge in [0.1, 0.15) is 0 Å². The summed E-state index contributed by atoms with van der Waals surface area (Å²) < 4.78 is 46.3. The number of aromatic nitrogens is 2. The van der Waals surface area contributed by atoms with Crippen molar-refractivity contribution in [2.45, 2.75) is 6.85 Å². The second kappa shape index (κ2) is 3.51. The average molecular weight is 174 g/mol. The molecule has 0 aromatic carbocycles. The van der Waals surface area contributed by atoms with Crippen molar-refractivity contribution in [3.05, 3.63) is 11.9 Å². The highest BCUT2D eigenvalue weighted by molar-refractivity contribution is 6.58. The van der Waals surface area contributed by atoms with E-state index in [4.69, 9.17) is 18.3 Å². The second-order valence-corrected chi connectivity index (χ2v) is 1.93. The quantitative estimate of drug-likeness (QED) is 0.532. The number of hydrogen-bond donors (Lipinski definition) is 2. The van der Waals surface area contributed by atoms with Gasteiger partial charge in [-0.25, -0.2) is 9.97 Å². The Balaban J connectivity index is 3.22. The van der Waals surface area contributed by atoms with Crippen molar-refractivity contribution >= 4 is 12.6 Å². The molecule has 0 spiro atoms. The van der Waals surface area contributed by atoms with Gasteiger partial charge in [0.25, 0.3) is 0 Å². The smallest absolute Gasteiger partial charge is 0.467 e. The molecule has 1 aromatic rings. The van der Waals surface area contributed by atoms with Gasteiger partial charge in [-0.1, -0.05) is 0 Å². The maximum Gasteiger partial charge on any atom is 0.491 e. The molecule has 1 aromatic heterocycles. The standard InChI is InChI=1S/C6H9BN2O3/c1-4-5(7(10)11)3-8-6(9-4)12-2/h3,10-11H,1-2H3/i1D3,2D3. The molecule has 1 heterocycles. The number of nitrogens with zero attached hydrogens (tertiary/aromatic N) is 2. The van der Waals surface area contributed by atoms with E-state index in [1.807, 2.05) is 0 Å². The Morgan fingerprint density at radius 3 is 3.08 bits per heavy atom. The molecule has 0 radical (unpaired) electrons. The first-order chi connectivity index (χ1) is 8.00. The van der Waals surface area contributed by atoms with E-state index in [9.17, 15) is 0 Å². The van der Waals surface area contributed by atoms with Gasteiger partial charge < -0.3 is 14.8 Å². The zero-order valence-electron chi connectivity index (χ0n) is 11.9. The first kappa shape index (κ1) is 3.72. The molecule has 0 unspecified atom stereocenters. The largest absolute Gasteiger partial charge is 0.491 e. The summed E-state index contributed by atoms with van der Waals surface area (Å²) in [5, 5.41) is 17.9. The van der Waals surface area contributed by atoms with Crippen LogP contribution in [0.3, 0.4) is 0 Å². The second-order valence-electron chi connectivity index (χ2n) is 1.93. The van der Waals surface area contributed by atoms with Crippen LogP contribution in [-0.2, 0) is 0 Å². The van der Waals surface area contributed by atoms with E-state index in [-0.39, 0.29) is 0 Å². The van der Waals surface area contributed by atoms with Crippen molar-refractivity contribution in [1.29, 1.82) is 0 Å². The fourth-order valence-corrected chi connectivity index (χ4v) is 0.613. The number of ether oxygens (including phenoxy) is 1. The molecule has 0 aliphatic heterocycles. The number of hydrogen-bond acceptors (Lipinski definition) is 5. The van der Waals surface area contributed by atoms with E-state index in [0.29, 0.717) is 0 Å². The first-order valence-electron chi connectivity index (χ1n) is 5.93. The fourth-order valence-electron chi connectivity index (χ4n) is 0.613. The summed E-state index contributed by atoms with van der Waals surface area (Å²) >= 11 is 0. The van der Waals surface area contributed by atoms with Crippen molar-refractivity contribution < 1.29 is 23.0 Å². The van der Waals surface area contributed by atoms with Crippen LogP contribution in [-0.4, -0.2) is 34.2 Å². The maximum absolute atomic E-state index is 8.96. The fraction of sp³-hybridized carbons (Fsp3) is 0.333. The Morgan fingerprint density at radius 1 is 1.67 bits per heavy atom. The highest BCUT2D eigenvalue weighted by atomic mass is 16.5. The highest BCUT2D eigenvalue weighted by Gasteiger charge is 2.15. The number of methoxy groups -OCH3 is 1. The summed E-state index contributed by atoms with van der Waals surface area (Å²) in [6.45, 7) is -2.76. The molecule has 0 saturated heterocycles. The minimum absolute atomic E-state index is 0.437. The summed E-state index contributed by atoms with van der Waals surface area (Å²) in [5.74, 6) is 0. The topological polar surface area (TPSA) is 75.5 Å². The molecule has 0 bridgehead atoms. The van der Waals surface area contributed by atoms with Crippen LogP contribution in [0.15, 0.2) is 6.20 Å². The third kappa shape index (κ3) is 1.72. The number of aryl methyl sites for hydroxylation is 1. The molecule has 12 heavy (non-hydrogen) atoms. The summed E-state index contributed by atoms with van der Waals surface area (Å²) in [6.07, 6.45) is 0.792. The minimum Gasteiger partial charge on any atom is -0.467 e. The molecule has 5 nitrogen and oxygen atoms in total. The molecule has 0 aliphatic carbocycles. The van der Waals surface area contributed by atoms with E-state index in [0.717, 1.165) is 6.20 Å². The van der Waals surface area contributed by atoms with Crippen LogP contribution < -0.4 is 10.2 Å². The summed E-state index contributed by atoms with van der Waals surface area (Å²) in [7, 11) is -4.91. The van der Waals surface area contributed by atoms with Gasteiger partial charge in [-0.3, -0.25) is 0 Å². The summed E-state index contributed by atoms with van der Waals surface area (Å²) in [6, 6.07) is -0.675. The van der Waals surface area contributed by atoms with Crippen LogP contribution >= 0.6 is 0 Å². The minimum atomic E-state index is -2.83. The zero-order valence-corrected chi connectivity index (χ0v) is 5.85. The van der Waals surface area contributed by atoms with E-state index in [1.54, 1.807) is 0 Å². The predicted octanol–water partition coefficient (Wildman–Crippen LogP) is -1.53. The molecular weight excluding hydrogens is 159 g/mol. The van der Waals surface area contributed by atoms with Gasteiger partial charge in [0.15, 0.2) is 0 Å². The Labute approximate surface area is 78.6 Å². The Hall–Kier alpha value is -1.14. The first-order valence-corrected chi connectivity index (χ1v) is 2.93. The van der Waals surface area contributed by atoms with Gasteiger partial charge in [-0.15, -0.1) is 0 Å². The Morgan fingerprint density at radius 2 is 2.50 bits per heavy atom. The third-order valence-electron chi connectivity index (χ3n) is 1.16. The van der Waals surface area contributed by atoms with E-state index >= 15 is 0 Å². The van der Waals surface area contributed by atoms with Crippen LogP contribution in [0.25, 0.3) is 0 Å². The van der Waals surface area contributed by atoms with Crippen molar-refractivity contribution in [3.63, 3.8) is 0 Å². The monoisotopic (exact) mass is 174 g/mol. The molecule has 0 fully saturated rings. The molecule has 1 rings (SSSR count). The van der Waals surface area contributed by atoms with Gasteiger partial charge in [0.2, 0.25) is 0 Å². The Bertz CT molecular complexity index is 434. The van der Waals surface area contributed by atoms with Crippen molar-refractivity contribution in [2.75, 3.05) is 7.04 Å². The molecule has 0 amide bonds. The SMILES string of the molecule is [2H]C([2H])([2H])Oc1ncc(B(O)O)c(C([2H])([2H])[2H])n1. The van der Waals surface area contributed by atoms with Gasteiger partial charge in [0, 0.05) is 21.5 Å². The van der Waals surface area contributed by atoms with Gasteiger partial charge >= 0.3 is 13.1 Å². The Kier molecular flexibility index (Phi) is 1.09. The molecule has 0 atom stereocenters. The molecule has 2 N–H and O–H groups in total. The van der Waals surface area contributed by atoms with Gasteiger partial charge in [0.05, 0.1) is 11.2 Å². The lowest BCUT2D eigenvalue weighted by Gasteiger charge is -2.03. The predicted molar refractivity (Wildman–Crippen MR) is 43.1 cm³/mol. The molecule has 0 saturated carbocycles. The van der Waals surface area contributed by atoms with Crippen molar-refractivity contribution in [3.8, 4) is 6.01 Å². The van der Waals surface area contributed by atoms with Crippen LogP contribution in [0.4, 0.5) is 0 Å².